The second-order valence-electron chi connectivity index (χ2n) is 8.62. The van der Waals surface area contributed by atoms with Crippen molar-refractivity contribution in [3.8, 4) is 0 Å². The first-order chi connectivity index (χ1) is 17.2. The van der Waals surface area contributed by atoms with Gasteiger partial charge in [-0.3, -0.25) is 9.59 Å². The number of rotatable bonds is 10. The van der Waals surface area contributed by atoms with Gasteiger partial charge < -0.3 is 10.2 Å². The lowest BCUT2D eigenvalue weighted by Gasteiger charge is -2.33. The number of nitrogens with one attached hydrogen (secondary N) is 1. The van der Waals surface area contributed by atoms with Crippen LogP contribution in [0, 0.1) is 5.82 Å². The smallest absolute Gasteiger partial charge is 0.243 e. The molecule has 0 aromatic heterocycles. The average molecular weight is 550 g/mol. The predicted molar refractivity (Wildman–Crippen MR) is 144 cm³/mol. The maximum Gasteiger partial charge on any atom is 0.243 e. The zero-order valence-electron chi connectivity index (χ0n) is 20.1. The monoisotopic (exact) mass is 548 g/mol. The minimum atomic E-state index is -0.896. The zero-order valence-corrected chi connectivity index (χ0v) is 22.4. The summed E-state index contributed by atoms with van der Waals surface area (Å²) < 4.78 is 14.6. The largest absolute Gasteiger partial charge is 0.352 e. The standard InChI is InChI=1S/C28H28Cl3FN2O2/c1-3-18(2)33-28(36)26(15-19-9-5-4-6-10-19)34(17-21-23(30)11-7-12-24(21)31)27(35)16-20-22(29)13-8-14-25(20)32/h4-14,18,26H,3,15-17H2,1-2H3,(H,33,36)/t18-,26+/m1/s1. The molecule has 3 aromatic rings. The summed E-state index contributed by atoms with van der Waals surface area (Å²) in [6.07, 6.45) is 0.649. The van der Waals surface area contributed by atoms with Gasteiger partial charge in [0.2, 0.25) is 11.8 Å². The molecule has 190 valence electrons. The number of hydrogen-bond acceptors (Lipinski definition) is 2. The summed E-state index contributed by atoms with van der Waals surface area (Å²) in [4.78, 5) is 28.7. The Morgan fingerprint density at radius 2 is 1.47 bits per heavy atom. The maximum absolute atomic E-state index is 14.6. The molecule has 0 saturated heterocycles. The molecule has 0 spiro atoms. The fraction of sp³-hybridized carbons (Fsp3) is 0.286. The Bertz CT molecular complexity index is 1170. The van der Waals surface area contributed by atoms with Crippen LogP contribution in [-0.2, 0) is 29.0 Å². The van der Waals surface area contributed by atoms with Crippen LogP contribution in [0.1, 0.15) is 37.0 Å². The van der Waals surface area contributed by atoms with E-state index in [-0.39, 0.29) is 41.9 Å². The summed E-state index contributed by atoms with van der Waals surface area (Å²) >= 11 is 19.1. The van der Waals surface area contributed by atoms with Crippen molar-refractivity contribution in [3.63, 3.8) is 0 Å². The summed E-state index contributed by atoms with van der Waals surface area (Å²) in [6.45, 7) is 3.83. The van der Waals surface area contributed by atoms with E-state index in [2.05, 4.69) is 5.32 Å². The molecule has 0 bridgehead atoms. The van der Waals surface area contributed by atoms with Gasteiger partial charge >= 0.3 is 0 Å². The lowest BCUT2D eigenvalue weighted by Crippen LogP contribution is -2.52. The highest BCUT2D eigenvalue weighted by molar-refractivity contribution is 6.36. The predicted octanol–water partition coefficient (Wildman–Crippen LogP) is 6.88. The Morgan fingerprint density at radius 1 is 0.889 bits per heavy atom. The number of amides is 2. The molecule has 0 heterocycles. The number of benzene rings is 3. The van der Waals surface area contributed by atoms with Crippen LogP contribution in [0.15, 0.2) is 66.7 Å². The first-order valence-electron chi connectivity index (χ1n) is 11.7. The van der Waals surface area contributed by atoms with Gasteiger partial charge in [-0.2, -0.15) is 0 Å². The van der Waals surface area contributed by atoms with Crippen molar-refractivity contribution >= 4 is 46.6 Å². The van der Waals surface area contributed by atoms with E-state index in [1.807, 2.05) is 44.2 Å². The molecule has 0 saturated carbocycles. The molecule has 0 radical (unpaired) electrons. The first-order valence-corrected chi connectivity index (χ1v) is 12.8. The Morgan fingerprint density at radius 3 is 2.06 bits per heavy atom. The molecule has 4 nitrogen and oxygen atoms in total. The summed E-state index contributed by atoms with van der Waals surface area (Å²) in [5.41, 5.74) is 1.44. The lowest BCUT2D eigenvalue weighted by atomic mass is 10.0. The van der Waals surface area contributed by atoms with Gasteiger partial charge in [0.25, 0.3) is 0 Å². The molecule has 0 aliphatic carbocycles. The van der Waals surface area contributed by atoms with Crippen molar-refractivity contribution in [2.75, 3.05) is 0 Å². The third-order valence-electron chi connectivity index (χ3n) is 6.05. The second kappa shape index (κ2) is 13.1. The molecular weight excluding hydrogens is 522 g/mol. The third kappa shape index (κ3) is 7.22. The molecule has 2 amide bonds. The Balaban J connectivity index is 2.06. The average Bonchev–Trinajstić information content (AvgIpc) is 2.85. The van der Waals surface area contributed by atoms with E-state index in [9.17, 15) is 14.0 Å². The lowest BCUT2D eigenvalue weighted by molar-refractivity contribution is -0.141. The van der Waals surface area contributed by atoms with E-state index < -0.39 is 17.8 Å². The minimum Gasteiger partial charge on any atom is -0.352 e. The second-order valence-corrected chi connectivity index (χ2v) is 9.84. The molecular formula is C28H28Cl3FN2O2. The van der Waals surface area contributed by atoms with Crippen LogP contribution >= 0.6 is 34.8 Å². The summed E-state index contributed by atoms with van der Waals surface area (Å²) in [6, 6.07) is 17.7. The van der Waals surface area contributed by atoms with Crippen LogP contribution in [0.2, 0.25) is 15.1 Å². The molecule has 0 unspecified atom stereocenters. The topological polar surface area (TPSA) is 49.4 Å². The Labute approximate surface area is 226 Å². The van der Waals surface area contributed by atoms with Gasteiger partial charge in [0.15, 0.2) is 0 Å². The number of carbonyl (C=O) groups is 2. The van der Waals surface area contributed by atoms with Crippen molar-refractivity contribution in [1.29, 1.82) is 0 Å². The van der Waals surface area contributed by atoms with Crippen LogP contribution in [0.25, 0.3) is 0 Å². The van der Waals surface area contributed by atoms with Crippen LogP contribution in [0.5, 0.6) is 0 Å². The van der Waals surface area contributed by atoms with Crippen molar-refractivity contribution in [1.82, 2.24) is 10.2 Å². The van der Waals surface area contributed by atoms with E-state index >= 15 is 0 Å². The molecule has 3 aromatic carbocycles. The quantitative estimate of drug-likeness (QED) is 0.300. The van der Waals surface area contributed by atoms with E-state index in [0.29, 0.717) is 15.6 Å². The van der Waals surface area contributed by atoms with Crippen LogP contribution in [0.4, 0.5) is 4.39 Å². The molecule has 1 N–H and O–H groups in total. The SMILES string of the molecule is CC[C@@H](C)NC(=O)[C@H](Cc1ccccc1)N(Cc1c(Cl)cccc1Cl)C(=O)Cc1c(F)cccc1Cl. The number of halogens is 4. The van der Waals surface area contributed by atoms with Gasteiger partial charge in [0, 0.05) is 45.2 Å². The minimum absolute atomic E-state index is 0.0329. The number of nitrogens with zero attached hydrogens (tertiary/aromatic N) is 1. The molecule has 36 heavy (non-hydrogen) atoms. The van der Waals surface area contributed by atoms with Gasteiger partial charge in [-0.05, 0) is 43.2 Å². The Hall–Kier alpha value is -2.60. The normalized spacial score (nSPS) is 12.6. The maximum atomic E-state index is 14.6. The van der Waals surface area contributed by atoms with Gasteiger partial charge in [0.05, 0.1) is 6.42 Å². The van der Waals surface area contributed by atoms with Crippen LogP contribution in [0.3, 0.4) is 0 Å². The molecule has 0 aliphatic rings. The fourth-order valence-electron chi connectivity index (χ4n) is 3.80. The van der Waals surface area contributed by atoms with E-state index in [4.69, 9.17) is 34.8 Å². The molecule has 2 atom stereocenters. The molecule has 3 rings (SSSR count). The van der Waals surface area contributed by atoms with E-state index in [1.54, 1.807) is 18.2 Å². The van der Waals surface area contributed by atoms with Gasteiger partial charge in [-0.1, -0.05) is 84.2 Å². The van der Waals surface area contributed by atoms with Crippen molar-refractivity contribution < 1.29 is 14.0 Å². The van der Waals surface area contributed by atoms with Gasteiger partial charge in [0.1, 0.15) is 11.9 Å². The first kappa shape index (κ1) is 28.0. The van der Waals surface area contributed by atoms with E-state index in [1.165, 1.54) is 23.1 Å². The summed E-state index contributed by atoms with van der Waals surface area (Å²) in [5, 5.41) is 3.86. The van der Waals surface area contributed by atoms with E-state index in [0.717, 1.165) is 12.0 Å². The van der Waals surface area contributed by atoms with Gasteiger partial charge in [-0.15, -0.1) is 0 Å². The van der Waals surface area contributed by atoms with Gasteiger partial charge in [-0.25, -0.2) is 4.39 Å². The highest BCUT2D eigenvalue weighted by Crippen LogP contribution is 2.28. The third-order valence-corrected chi connectivity index (χ3v) is 7.11. The summed E-state index contributed by atoms with van der Waals surface area (Å²) in [5.74, 6) is -1.38. The highest BCUT2D eigenvalue weighted by atomic mass is 35.5. The zero-order chi connectivity index (χ0) is 26.2. The highest BCUT2D eigenvalue weighted by Gasteiger charge is 2.32. The Kier molecular flexibility index (Phi) is 10.2. The molecule has 0 fully saturated rings. The molecule has 8 heteroatoms. The van der Waals surface area contributed by atoms with Crippen molar-refractivity contribution in [3.05, 3.63) is 104 Å². The number of carbonyl (C=O) groups excluding carboxylic acids is 2. The summed E-state index contributed by atoms with van der Waals surface area (Å²) in [7, 11) is 0. The van der Waals surface area contributed by atoms with Crippen molar-refractivity contribution in [2.45, 2.75) is 51.7 Å². The number of hydrogen-bond donors (Lipinski definition) is 1. The van der Waals surface area contributed by atoms with Crippen molar-refractivity contribution in [2.24, 2.45) is 0 Å². The van der Waals surface area contributed by atoms with Crippen LogP contribution in [-0.4, -0.2) is 28.8 Å². The molecule has 0 aliphatic heterocycles. The van der Waals surface area contributed by atoms with Crippen LogP contribution < -0.4 is 5.32 Å². The fourth-order valence-corrected chi connectivity index (χ4v) is 4.55.